The van der Waals surface area contributed by atoms with Gasteiger partial charge in [-0.05, 0) is 62.9 Å². The van der Waals surface area contributed by atoms with Gasteiger partial charge in [-0.15, -0.1) is 5.10 Å². The Morgan fingerprint density at radius 1 is 1.24 bits per heavy atom. The molecule has 1 aromatic heterocycles. The van der Waals surface area contributed by atoms with Crippen molar-refractivity contribution in [1.29, 1.82) is 0 Å². The average Bonchev–Trinajstić information content (AvgIpc) is 3.35. The van der Waals surface area contributed by atoms with E-state index < -0.39 is 20.4 Å². The number of amides is 1. The molecule has 0 radical (unpaired) electrons. The fourth-order valence-electron chi connectivity index (χ4n) is 4.90. The molecule has 2 heterocycles. The SMILES string of the molecule is C[C@H]1[C@H]([Si](C)(C)F)[C@@H](CCn2cc(CCO)nn2)O[C@H]1CCc1ccc(NC(=O)[C@H](C)O)cc1. The second kappa shape index (κ2) is 11.5. The second-order valence-electron chi connectivity index (χ2n) is 9.80. The van der Waals surface area contributed by atoms with Crippen molar-refractivity contribution in [2.45, 2.75) is 83.0 Å². The Hall–Kier alpha value is -2.14. The monoisotopic (exact) mass is 492 g/mol. The molecule has 0 aliphatic carbocycles. The predicted molar refractivity (Wildman–Crippen MR) is 131 cm³/mol. The first-order chi connectivity index (χ1) is 16.1. The van der Waals surface area contributed by atoms with E-state index in [9.17, 15) is 9.90 Å². The third-order valence-corrected chi connectivity index (χ3v) is 9.09. The molecule has 2 aromatic rings. The van der Waals surface area contributed by atoms with Gasteiger partial charge in [-0.2, -0.15) is 0 Å². The molecule has 3 N–H and O–H groups in total. The van der Waals surface area contributed by atoms with Gasteiger partial charge < -0.3 is 24.4 Å². The number of hydrogen-bond donors (Lipinski definition) is 3. The number of aromatic nitrogens is 3. The number of anilines is 1. The molecule has 1 aliphatic heterocycles. The summed E-state index contributed by atoms with van der Waals surface area (Å²) in [5.74, 6) is -0.312. The number of carbonyl (C=O) groups excluding carboxylic acids is 1. The maximum absolute atomic E-state index is 15.3. The highest BCUT2D eigenvalue weighted by Crippen LogP contribution is 2.46. The van der Waals surface area contributed by atoms with Gasteiger partial charge in [0.25, 0.3) is 5.91 Å². The van der Waals surface area contributed by atoms with Crippen LogP contribution in [0, 0.1) is 5.92 Å². The third-order valence-electron chi connectivity index (χ3n) is 6.61. The number of rotatable bonds is 11. The van der Waals surface area contributed by atoms with Crippen LogP contribution < -0.4 is 5.32 Å². The number of hydrogen-bond acceptors (Lipinski definition) is 6. The predicted octanol–water partition coefficient (Wildman–Crippen LogP) is 3.10. The fraction of sp³-hybridized carbons (Fsp3) is 0.625. The van der Waals surface area contributed by atoms with Crippen LogP contribution in [0.1, 0.15) is 37.9 Å². The molecule has 3 rings (SSSR count). The lowest BCUT2D eigenvalue weighted by atomic mass is 9.95. The summed E-state index contributed by atoms with van der Waals surface area (Å²) in [6.45, 7) is 7.70. The second-order valence-corrected chi connectivity index (χ2v) is 13.6. The van der Waals surface area contributed by atoms with Gasteiger partial charge in [0.15, 0.2) is 0 Å². The highest BCUT2D eigenvalue weighted by atomic mass is 28.4. The molecule has 1 aromatic carbocycles. The Kier molecular flexibility index (Phi) is 8.97. The molecular weight excluding hydrogens is 455 g/mol. The number of aryl methyl sites for hydroxylation is 2. The summed E-state index contributed by atoms with van der Waals surface area (Å²) in [7, 11) is -2.94. The van der Waals surface area contributed by atoms with Crippen molar-refractivity contribution in [3.63, 3.8) is 0 Å². The van der Waals surface area contributed by atoms with Gasteiger partial charge in [-0.25, -0.2) is 0 Å². The van der Waals surface area contributed by atoms with E-state index in [-0.39, 0.29) is 30.3 Å². The van der Waals surface area contributed by atoms with E-state index in [2.05, 4.69) is 22.6 Å². The summed E-state index contributed by atoms with van der Waals surface area (Å²) in [5, 5.41) is 29.2. The number of aliphatic hydroxyl groups is 2. The normalized spacial score (nSPS) is 23.7. The molecule has 0 bridgehead atoms. The molecule has 0 spiro atoms. The summed E-state index contributed by atoms with van der Waals surface area (Å²) in [6, 6.07) is 7.55. The number of aliphatic hydroxyl groups excluding tert-OH is 2. The molecule has 0 unspecified atom stereocenters. The Balaban J connectivity index is 1.58. The topological polar surface area (TPSA) is 110 Å². The Bertz CT molecular complexity index is 932. The summed E-state index contributed by atoms with van der Waals surface area (Å²) < 4.78 is 23.5. The molecule has 10 heteroatoms. The van der Waals surface area contributed by atoms with Crippen LogP contribution in [0.3, 0.4) is 0 Å². The number of ether oxygens (including phenoxy) is 1. The van der Waals surface area contributed by atoms with E-state index in [0.717, 1.165) is 24.1 Å². The van der Waals surface area contributed by atoms with E-state index in [0.29, 0.717) is 25.1 Å². The van der Waals surface area contributed by atoms with Crippen molar-refractivity contribution in [1.82, 2.24) is 15.0 Å². The third kappa shape index (κ3) is 6.94. The van der Waals surface area contributed by atoms with Gasteiger partial charge in [-0.1, -0.05) is 24.3 Å². The molecule has 8 nitrogen and oxygen atoms in total. The Labute approximate surface area is 201 Å². The van der Waals surface area contributed by atoms with Crippen molar-refractivity contribution >= 4 is 20.0 Å². The van der Waals surface area contributed by atoms with Crippen LogP contribution in [0.25, 0.3) is 0 Å². The molecule has 188 valence electrons. The molecule has 1 amide bonds. The van der Waals surface area contributed by atoms with E-state index in [1.165, 1.54) is 6.92 Å². The average molecular weight is 493 g/mol. The number of carbonyl (C=O) groups is 1. The van der Waals surface area contributed by atoms with Gasteiger partial charge in [0.05, 0.1) is 17.9 Å². The maximum Gasteiger partial charge on any atom is 0.252 e. The lowest BCUT2D eigenvalue weighted by Crippen LogP contribution is -2.36. The fourth-order valence-corrected chi connectivity index (χ4v) is 7.49. The minimum Gasteiger partial charge on any atom is -0.396 e. The zero-order valence-corrected chi connectivity index (χ0v) is 21.4. The minimum absolute atomic E-state index is 0.0205. The van der Waals surface area contributed by atoms with Crippen LogP contribution in [0.15, 0.2) is 30.5 Å². The number of benzene rings is 1. The minimum atomic E-state index is -2.94. The van der Waals surface area contributed by atoms with E-state index in [4.69, 9.17) is 9.84 Å². The first-order valence-electron chi connectivity index (χ1n) is 12.0. The van der Waals surface area contributed by atoms with Crippen molar-refractivity contribution in [3.8, 4) is 0 Å². The molecule has 5 atom stereocenters. The van der Waals surface area contributed by atoms with E-state index in [1.54, 1.807) is 17.8 Å². The summed E-state index contributed by atoms with van der Waals surface area (Å²) in [5.41, 5.74) is 2.41. The molecule has 1 aliphatic rings. The van der Waals surface area contributed by atoms with Gasteiger partial charge in [0, 0.05) is 37.0 Å². The Morgan fingerprint density at radius 2 is 1.94 bits per heavy atom. The van der Waals surface area contributed by atoms with Crippen molar-refractivity contribution < 1.29 is 23.9 Å². The number of nitrogens with one attached hydrogen (secondary N) is 1. The van der Waals surface area contributed by atoms with Crippen LogP contribution >= 0.6 is 0 Å². The maximum atomic E-state index is 15.3. The lowest BCUT2D eigenvalue weighted by molar-refractivity contribution is -0.123. The first kappa shape index (κ1) is 26.5. The first-order valence-corrected chi connectivity index (χ1v) is 15.0. The Morgan fingerprint density at radius 3 is 2.56 bits per heavy atom. The van der Waals surface area contributed by atoms with Gasteiger partial charge in [0.1, 0.15) is 6.10 Å². The van der Waals surface area contributed by atoms with Gasteiger partial charge in [-0.3, -0.25) is 9.48 Å². The number of halogens is 1. The molecule has 0 saturated carbocycles. The van der Waals surface area contributed by atoms with Crippen LogP contribution in [0.5, 0.6) is 0 Å². The van der Waals surface area contributed by atoms with Gasteiger partial charge >= 0.3 is 0 Å². The number of nitrogens with zero attached hydrogens (tertiary/aromatic N) is 3. The van der Waals surface area contributed by atoms with Crippen LogP contribution in [0.4, 0.5) is 9.80 Å². The largest absolute Gasteiger partial charge is 0.396 e. The van der Waals surface area contributed by atoms with Crippen LogP contribution in [-0.2, 0) is 28.9 Å². The molecule has 1 saturated heterocycles. The zero-order valence-electron chi connectivity index (χ0n) is 20.4. The molecule has 1 fully saturated rings. The summed E-state index contributed by atoms with van der Waals surface area (Å²) in [4.78, 5) is 11.6. The van der Waals surface area contributed by atoms with Crippen molar-refractivity contribution in [2.24, 2.45) is 5.92 Å². The standard InChI is InChI=1S/C24H37FN4O4Si/c1-16-21(10-7-18-5-8-19(9-6-18)26-24(32)17(2)31)33-22(23(16)34(3,4)25)11-13-29-15-20(12-14-30)27-28-29/h5-6,8-9,15-17,21-23,30-31H,7,10-14H2,1-4H3,(H,26,32)/t16-,17+,21+,22-,23+/m1/s1. The molecular formula is C24H37FN4O4Si. The van der Waals surface area contributed by atoms with Crippen molar-refractivity contribution in [2.75, 3.05) is 11.9 Å². The van der Waals surface area contributed by atoms with Crippen LogP contribution in [-0.4, -0.2) is 64.4 Å². The van der Waals surface area contributed by atoms with Crippen molar-refractivity contribution in [3.05, 3.63) is 41.7 Å². The van der Waals surface area contributed by atoms with Gasteiger partial charge in [0.2, 0.25) is 8.41 Å². The molecule has 34 heavy (non-hydrogen) atoms. The lowest BCUT2D eigenvalue weighted by Gasteiger charge is -2.28. The van der Waals surface area contributed by atoms with Crippen LogP contribution in [0.2, 0.25) is 18.6 Å². The zero-order chi connectivity index (χ0) is 24.9. The highest BCUT2D eigenvalue weighted by molar-refractivity contribution is 6.72. The van der Waals surface area contributed by atoms with E-state index >= 15 is 4.11 Å². The highest BCUT2D eigenvalue weighted by Gasteiger charge is 2.50. The summed E-state index contributed by atoms with van der Waals surface area (Å²) >= 11 is 0. The quantitative estimate of drug-likeness (QED) is 0.329. The summed E-state index contributed by atoms with van der Waals surface area (Å²) in [6.07, 6.45) is 3.32. The smallest absolute Gasteiger partial charge is 0.252 e. The van der Waals surface area contributed by atoms with E-state index in [1.807, 2.05) is 30.5 Å².